The Hall–Kier alpha value is -3.33. The van der Waals surface area contributed by atoms with Crippen molar-refractivity contribution in [1.82, 2.24) is 19.9 Å². The van der Waals surface area contributed by atoms with E-state index in [0.717, 1.165) is 13.1 Å². The summed E-state index contributed by atoms with van der Waals surface area (Å²) in [5.41, 5.74) is 4.39. The number of hydrogen-bond acceptors (Lipinski definition) is 7. The highest BCUT2D eigenvalue weighted by Gasteiger charge is 2.23. The van der Waals surface area contributed by atoms with Gasteiger partial charge >= 0.3 is 0 Å². The third-order valence-electron chi connectivity index (χ3n) is 5.21. The van der Waals surface area contributed by atoms with Crippen molar-refractivity contribution in [3.63, 3.8) is 0 Å². The largest absolute Gasteiger partial charge is 0.368 e. The van der Waals surface area contributed by atoms with Crippen LogP contribution in [0.25, 0.3) is 0 Å². The van der Waals surface area contributed by atoms with Gasteiger partial charge in [-0.25, -0.2) is 15.0 Å². The maximum Gasteiger partial charge on any atom is 0.295 e. The highest BCUT2D eigenvalue weighted by Crippen LogP contribution is 2.23. The third-order valence-corrected chi connectivity index (χ3v) is 6.02. The van der Waals surface area contributed by atoms with Crippen molar-refractivity contribution in [2.45, 2.75) is 20.3 Å². The number of aromatic nitrogens is 3. The Kier molecular flexibility index (Phi) is 6.22. The first kappa shape index (κ1) is 20.9. The van der Waals surface area contributed by atoms with E-state index in [2.05, 4.69) is 57.2 Å². The summed E-state index contributed by atoms with van der Waals surface area (Å²) in [4.78, 5) is 41.3. The van der Waals surface area contributed by atoms with Crippen LogP contribution in [0.2, 0.25) is 0 Å². The van der Waals surface area contributed by atoms with Crippen LogP contribution < -0.4 is 10.2 Å². The molecule has 4 rings (SSSR count). The van der Waals surface area contributed by atoms with Crippen molar-refractivity contribution in [2.75, 3.05) is 36.4 Å². The summed E-state index contributed by atoms with van der Waals surface area (Å²) in [7, 11) is 0. The number of carbonyl (C=O) groups is 2. The average Bonchev–Trinajstić information content (AvgIpc) is 3.22. The lowest BCUT2D eigenvalue weighted by Gasteiger charge is -2.37. The lowest BCUT2D eigenvalue weighted by atomic mass is 10.1. The maximum absolute atomic E-state index is 12.7. The number of benzene rings is 1. The summed E-state index contributed by atoms with van der Waals surface area (Å²) < 4.78 is 0. The molecule has 0 radical (unpaired) electrons. The van der Waals surface area contributed by atoms with Crippen LogP contribution in [0.3, 0.4) is 0 Å². The summed E-state index contributed by atoms with van der Waals surface area (Å²) in [6.07, 6.45) is 3.24. The van der Waals surface area contributed by atoms with Gasteiger partial charge in [-0.2, -0.15) is 0 Å². The number of piperazine rings is 1. The number of aryl methyl sites for hydroxylation is 2. The van der Waals surface area contributed by atoms with Crippen molar-refractivity contribution >= 4 is 34.0 Å². The molecule has 3 aromatic rings. The molecule has 8 nitrogen and oxygen atoms in total. The van der Waals surface area contributed by atoms with Crippen LogP contribution in [0.15, 0.2) is 42.0 Å². The third kappa shape index (κ3) is 5.05. The molecular formula is C22H24N6O2S. The predicted octanol–water partition coefficient (Wildman–Crippen LogP) is 2.69. The second kappa shape index (κ2) is 9.22. The number of rotatable bonds is 5. The van der Waals surface area contributed by atoms with Gasteiger partial charge in [-0.3, -0.25) is 14.9 Å². The van der Waals surface area contributed by atoms with E-state index in [-0.39, 0.29) is 18.2 Å². The first-order valence-electron chi connectivity index (χ1n) is 10.1. The van der Waals surface area contributed by atoms with Crippen LogP contribution in [0.5, 0.6) is 0 Å². The molecule has 2 aromatic heterocycles. The number of carbonyl (C=O) groups excluding carboxylic acids is 2. The minimum atomic E-state index is -0.421. The zero-order valence-electron chi connectivity index (χ0n) is 17.5. The fourth-order valence-electron chi connectivity index (χ4n) is 3.54. The van der Waals surface area contributed by atoms with Crippen LogP contribution in [0.1, 0.15) is 27.4 Å². The molecule has 1 aliphatic rings. The summed E-state index contributed by atoms with van der Waals surface area (Å²) in [5.74, 6) is -0.289. The highest BCUT2D eigenvalue weighted by atomic mass is 32.1. The van der Waals surface area contributed by atoms with Crippen molar-refractivity contribution in [2.24, 2.45) is 0 Å². The quantitative estimate of drug-likeness (QED) is 0.661. The number of amides is 2. The Morgan fingerprint density at radius 2 is 1.84 bits per heavy atom. The van der Waals surface area contributed by atoms with E-state index in [1.54, 1.807) is 11.4 Å². The molecule has 1 N–H and O–H groups in total. The van der Waals surface area contributed by atoms with Gasteiger partial charge in [-0.1, -0.05) is 12.1 Å². The van der Waals surface area contributed by atoms with E-state index in [4.69, 9.17) is 0 Å². The van der Waals surface area contributed by atoms with E-state index >= 15 is 0 Å². The van der Waals surface area contributed by atoms with Crippen molar-refractivity contribution in [3.8, 4) is 0 Å². The van der Waals surface area contributed by atoms with Gasteiger partial charge in [0.25, 0.3) is 5.91 Å². The number of thiazole rings is 1. The fraction of sp³-hybridized carbons (Fsp3) is 0.318. The topological polar surface area (TPSA) is 91.3 Å². The Balaban J connectivity index is 1.30. The van der Waals surface area contributed by atoms with Crippen LogP contribution in [0, 0.1) is 13.8 Å². The van der Waals surface area contributed by atoms with E-state index in [1.165, 1.54) is 40.5 Å². The normalized spacial score (nSPS) is 13.9. The number of nitrogens with zero attached hydrogens (tertiary/aromatic N) is 5. The van der Waals surface area contributed by atoms with E-state index in [1.807, 2.05) is 4.90 Å². The van der Waals surface area contributed by atoms with Crippen molar-refractivity contribution in [1.29, 1.82) is 0 Å². The Morgan fingerprint density at radius 3 is 2.58 bits per heavy atom. The molecule has 1 aromatic carbocycles. The molecule has 0 atom stereocenters. The summed E-state index contributed by atoms with van der Waals surface area (Å²) in [5, 5.41) is 4.90. The molecule has 0 saturated carbocycles. The van der Waals surface area contributed by atoms with Gasteiger partial charge in [0.2, 0.25) is 11.7 Å². The molecule has 0 unspecified atom stereocenters. The Labute approximate surface area is 185 Å². The van der Waals surface area contributed by atoms with E-state index in [9.17, 15) is 9.59 Å². The van der Waals surface area contributed by atoms with Crippen LogP contribution in [-0.2, 0) is 11.2 Å². The van der Waals surface area contributed by atoms with Crippen LogP contribution >= 0.6 is 11.3 Å². The second-order valence-corrected chi connectivity index (χ2v) is 8.36. The second-order valence-electron chi connectivity index (χ2n) is 7.51. The maximum atomic E-state index is 12.7. The molecular weight excluding hydrogens is 412 g/mol. The highest BCUT2D eigenvalue weighted by molar-refractivity contribution is 7.14. The first-order chi connectivity index (χ1) is 15.0. The van der Waals surface area contributed by atoms with Crippen LogP contribution in [-0.4, -0.2) is 57.8 Å². The number of nitrogens with one attached hydrogen (secondary N) is 1. The first-order valence-corrected chi connectivity index (χ1v) is 11.0. The molecule has 1 aliphatic heterocycles. The monoisotopic (exact) mass is 436 g/mol. The molecule has 0 aliphatic carbocycles. The van der Waals surface area contributed by atoms with Crippen molar-refractivity contribution in [3.05, 3.63) is 64.7 Å². The van der Waals surface area contributed by atoms with Crippen molar-refractivity contribution < 1.29 is 9.59 Å². The number of hydrogen-bond donors (Lipinski definition) is 1. The number of anilines is 2. The predicted molar refractivity (Wildman–Crippen MR) is 121 cm³/mol. The molecule has 3 heterocycles. The molecule has 0 bridgehead atoms. The minimum absolute atomic E-state index is 0.0511. The molecule has 9 heteroatoms. The zero-order chi connectivity index (χ0) is 21.8. The Bertz CT molecular complexity index is 1080. The Morgan fingerprint density at radius 1 is 1.10 bits per heavy atom. The van der Waals surface area contributed by atoms with Gasteiger partial charge < -0.3 is 9.80 Å². The van der Waals surface area contributed by atoms with Gasteiger partial charge in [-0.05, 0) is 37.1 Å². The lowest BCUT2D eigenvalue weighted by molar-refractivity contribution is -0.130. The smallest absolute Gasteiger partial charge is 0.295 e. The van der Waals surface area contributed by atoms with Gasteiger partial charge in [0.05, 0.1) is 12.1 Å². The van der Waals surface area contributed by atoms with Crippen LogP contribution in [0.4, 0.5) is 10.8 Å². The van der Waals surface area contributed by atoms with Gasteiger partial charge in [-0.15, -0.1) is 11.3 Å². The van der Waals surface area contributed by atoms with Gasteiger partial charge in [0.15, 0.2) is 5.13 Å². The molecule has 0 spiro atoms. The zero-order valence-corrected chi connectivity index (χ0v) is 18.4. The molecule has 1 saturated heterocycles. The molecule has 31 heavy (non-hydrogen) atoms. The lowest BCUT2D eigenvalue weighted by Crippen LogP contribution is -2.49. The van der Waals surface area contributed by atoms with E-state index < -0.39 is 5.91 Å². The minimum Gasteiger partial charge on any atom is -0.368 e. The van der Waals surface area contributed by atoms with Gasteiger partial charge in [0.1, 0.15) is 0 Å². The molecule has 160 valence electrons. The van der Waals surface area contributed by atoms with Gasteiger partial charge in [0, 0.05) is 49.6 Å². The molecule has 2 amide bonds. The molecule has 1 fully saturated rings. The van der Waals surface area contributed by atoms with E-state index in [0.29, 0.717) is 23.9 Å². The summed E-state index contributed by atoms with van der Waals surface area (Å²) >= 11 is 1.28. The summed E-state index contributed by atoms with van der Waals surface area (Å²) in [6.45, 7) is 7.21. The standard InChI is InChI=1S/C22H24N6O2S/c1-15-4-5-16(2)18(12-15)27-8-10-28(11-9-27)19(29)13-17-14-31-22(25-17)26-21(30)20-23-6-3-7-24-20/h3-7,12,14H,8-11,13H2,1-2H3,(H,25,26,30). The summed E-state index contributed by atoms with van der Waals surface area (Å²) in [6, 6.07) is 8.12. The average molecular weight is 437 g/mol. The fourth-order valence-corrected chi connectivity index (χ4v) is 4.24. The SMILES string of the molecule is Cc1ccc(C)c(N2CCN(C(=O)Cc3csc(NC(=O)c4ncccn4)n3)CC2)c1.